The number of thioether (sulfide) groups is 1. The Morgan fingerprint density at radius 1 is 1.16 bits per heavy atom. The van der Waals surface area contributed by atoms with Gasteiger partial charge in [-0.05, 0) is 48.8 Å². The normalized spacial score (nSPS) is 35.6. The minimum absolute atomic E-state index is 0.0196. The van der Waals surface area contributed by atoms with E-state index in [1.807, 2.05) is 24.3 Å². The highest BCUT2D eigenvalue weighted by molar-refractivity contribution is 8.00. The number of benzene rings is 1. The number of hydrogen-bond donors (Lipinski definition) is 2. The van der Waals surface area contributed by atoms with E-state index in [2.05, 4.69) is 4.98 Å². The van der Waals surface area contributed by atoms with Crippen molar-refractivity contribution < 1.29 is 19.5 Å². The molecule has 1 aromatic carbocycles. The summed E-state index contributed by atoms with van der Waals surface area (Å²) in [6.45, 7) is 1.39. The number of likely N-dealkylation sites (tertiary alicyclic amines) is 1. The van der Waals surface area contributed by atoms with Crippen molar-refractivity contribution in [2.45, 2.75) is 35.6 Å². The Balaban J connectivity index is 1.45. The fourth-order valence-electron chi connectivity index (χ4n) is 6.58. The second kappa shape index (κ2) is 6.95. The molecule has 2 amide bonds. The second-order valence-corrected chi connectivity index (χ2v) is 11.7. The van der Waals surface area contributed by atoms with Crippen LogP contribution in [0.4, 0.5) is 0 Å². The molecule has 3 heterocycles. The van der Waals surface area contributed by atoms with Gasteiger partial charge in [-0.1, -0.05) is 35.1 Å². The summed E-state index contributed by atoms with van der Waals surface area (Å²) >= 11 is 8.93. The molecule has 2 aromatic rings. The molecular formula is C22H19ClN2O5S2. The van der Waals surface area contributed by atoms with Gasteiger partial charge >= 0.3 is 10.8 Å². The number of nitrogens with one attached hydrogen (secondary N) is 1. The summed E-state index contributed by atoms with van der Waals surface area (Å²) in [5.41, 5.74) is 1.04. The van der Waals surface area contributed by atoms with Crippen LogP contribution >= 0.6 is 34.7 Å². The third kappa shape index (κ3) is 2.61. The number of carbonyl (C=O) groups is 3. The SMILES string of the molecule is C[C@@H](C(=O)O)N1C(=O)[C@@H]2[C@@H]3C[C@H]([C@@H]2C1=O)[C@H]1[C@H](c2ccc(Cl)cc2)c2sc(=O)[nH]c2S[C@@H]31. The maximum absolute atomic E-state index is 13.3. The highest BCUT2D eigenvalue weighted by Gasteiger charge is 2.70. The van der Waals surface area contributed by atoms with E-state index < -0.39 is 23.8 Å². The number of H-pyrrole nitrogens is 1. The molecule has 2 saturated carbocycles. The number of rotatable bonds is 3. The largest absolute Gasteiger partial charge is 0.480 e. The number of aromatic nitrogens is 1. The first-order valence-electron chi connectivity index (χ1n) is 10.5. The van der Waals surface area contributed by atoms with Crippen molar-refractivity contribution in [3.8, 4) is 0 Å². The Labute approximate surface area is 196 Å². The number of aromatic amines is 1. The van der Waals surface area contributed by atoms with E-state index in [1.165, 1.54) is 18.3 Å². The Kier molecular flexibility index (Phi) is 4.45. The van der Waals surface area contributed by atoms with Crippen LogP contribution < -0.4 is 4.87 Å². The monoisotopic (exact) mass is 490 g/mol. The molecule has 2 aliphatic carbocycles. The van der Waals surface area contributed by atoms with Crippen LogP contribution in [0, 0.1) is 29.6 Å². The zero-order chi connectivity index (χ0) is 22.5. The molecule has 8 atom stereocenters. The zero-order valence-corrected chi connectivity index (χ0v) is 19.2. The van der Waals surface area contributed by atoms with E-state index in [4.69, 9.17) is 11.6 Å². The summed E-state index contributed by atoms with van der Waals surface area (Å²) in [7, 11) is 0. The molecule has 6 rings (SSSR count). The Morgan fingerprint density at radius 2 is 1.81 bits per heavy atom. The summed E-state index contributed by atoms with van der Waals surface area (Å²) < 4.78 is 0. The highest BCUT2D eigenvalue weighted by atomic mass is 35.5. The van der Waals surface area contributed by atoms with Crippen LogP contribution in [-0.4, -0.2) is 44.1 Å². The number of fused-ring (bicyclic) bond motifs is 9. The summed E-state index contributed by atoms with van der Waals surface area (Å²) in [6, 6.07) is 6.44. The minimum atomic E-state index is -1.18. The fraction of sp³-hybridized carbons (Fsp3) is 0.455. The van der Waals surface area contributed by atoms with E-state index in [9.17, 15) is 24.3 Å². The minimum Gasteiger partial charge on any atom is -0.480 e. The molecule has 2 N–H and O–H groups in total. The molecule has 166 valence electrons. The van der Waals surface area contributed by atoms with Crippen molar-refractivity contribution in [3.05, 3.63) is 49.4 Å². The van der Waals surface area contributed by atoms with Crippen molar-refractivity contribution in [1.82, 2.24) is 9.88 Å². The topological polar surface area (TPSA) is 108 Å². The van der Waals surface area contributed by atoms with Gasteiger partial charge in [0, 0.05) is 21.1 Å². The lowest BCUT2D eigenvalue weighted by Gasteiger charge is -2.43. The average Bonchev–Trinajstić information content (AvgIpc) is 3.47. The van der Waals surface area contributed by atoms with E-state index in [1.54, 1.807) is 11.8 Å². The molecule has 0 unspecified atom stereocenters. The second-order valence-electron chi connectivity index (χ2n) is 9.07. The molecule has 7 nitrogen and oxygen atoms in total. The lowest BCUT2D eigenvalue weighted by Crippen LogP contribution is -2.44. The van der Waals surface area contributed by atoms with Crippen molar-refractivity contribution in [2.75, 3.05) is 0 Å². The highest BCUT2D eigenvalue weighted by Crippen LogP contribution is 2.68. The van der Waals surface area contributed by atoms with Gasteiger partial charge in [-0.25, -0.2) is 4.79 Å². The number of imide groups is 1. The van der Waals surface area contributed by atoms with Crippen LogP contribution in [-0.2, 0) is 14.4 Å². The number of carboxylic acids is 1. The van der Waals surface area contributed by atoms with E-state index in [0.29, 0.717) is 5.02 Å². The van der Waals surface area contributed by atoms with E-state index in [0.717, 1.165) is 26.8 Å². The molecule has 4 aliphatic rings. The van der Waals surface area contributed by atoms with Gasteiger partial charge in [0.2, 0.25) is 11.8 Å². The lowest BCUT2D eigenvalue weighted by atomic mass is 9.68. The fourth-order valence-corrected chi connectivity index (χ4v) is 9.59. The summed E-state index contributed by atoms with van der Waals surface area (Å²) in [6.07, 6.45) is 0.772. The third-order valence-electron chi connectivity index (χ3n) is 7.73. The number of nitrogens with zero attached hydrogens (tertiary/aromatic N) is 1. The molecule has 0 spiro atoms. The number of hydrogen-bond acceptors (Lipinski definition) is 6. The standard InChI is InChI=1S/C22H19ClN2O5S2/c1-7(21(28)29)25-19(26)14-10-6-11(15(14)20(25)27)16-13(10)12(8-2-4-9(23)5-3-8)17-18(31-16)24-22(30)32-17/h2-5,7,10-16H,6H2,1H3,(H,24,30)(H,28,29)/t7-,10-,11-,12-,13-,14-,15+,16-/m0/s1. The van der Waals surface area contributed by atoms with Gasteiger partial charge in [-0.15, -0.1) is 11.8 Å². The Morgan fingerprint density at radius 3 is 2.47 bits per heavy atom. The van der Waals surface area contributed by atoms with Crippen LogP contribution in [0.5, 0.6) is 0 Å². The number of halogens is 1. The Hall–Kier alpha value is -2.10. The first-order valence-corrected chi connectivity index (χ1v) is 12.6. The van der Waals surface area contributed by atoms with Gasteiger partial charge < -0.3 is 10.1 Å². The van der Waals surface area contributed by atoms with Crippen molar-refractivity contribution >= 4 is 52.5 Å². The molecular weight excluding hydrogens is 472 g/mol. The Bertz CT molecular complexity index is 1220. The molecule has 3 fully saturated rings. The van der Waals surface area contributed by atoms with Gasteiger partial charge in [-0.3, -0.25) is 19.3 Å². The first kappa shape index (κ1) is 20.5. The molecule has 0 radical (unpaired) electrons. The number of thiazole rings is 1. The quantitative estimate of drug-likeness (QED) is 0.640. The van der Waals surface area contributed by atoms with Crippen LogP contribution in [0.25, 0.3) is 0 Å². The van der Waals surface area contributed by atoms with Gasteiger partial charge in [0.15, 0.2) is 0 Å². The van der Waals surface area contributed by atoms with Crippen LogP contribution in [0.15, 0.2) is 34.1 Å². The predicted octanol–water partition coefficient (Wildman–Crippen LogP) is 3.04. The number of carbonyl (C=O) groups excluding carboxylic acids is 2. The molecule has 32 heavy (non-hydrogen) atoms. The van der Waals surface area contributed by atoms with Gasteiger partial charge in [0.1, 0.15) is 6.04 Å². The van der Waals surface area contributed by atoms with Crippen molar-refractivity contribution in [2.24, 2.45) is 29.6 Å². The van der Waals surface area contributed by atoms with Crippen molar-refractivity contribution in [3.63, 3.8) is 0 Å². The summed E-state index contributed by atoms with van der Waals surface area (Å²) in [5.74, 6) is -2.87. The molecule has 2 aliphatic heterocycles. The maximum Gasteiger partial charge on any atom is 0.326 e. The van der Waals surface area contributed by atoms with E-state index >= 15 is 0 Å². The van der Waals surface area contributed by atoms with Crippen LogP contribution in [0.3, 0.4) is 0 Å². The molecule has 1 saturated heterocycles. The smallest absolute Gasteiger partial charge is 0.326 e. The number of carboxylic acid groups (broad SMARTS) is 1. The van der Waals surface area contributed by atoms with Gasteiger partial charge in [-0.2, -0.15) is 0 Å². The summed E-state index contributed by atoms with van der Waals surface area (Å²) in [4.78, 5) is 55.1. The maximum atomic E-state index is 13.3. The molecule has 2 bridgehead atoms. The number of aliphatic carboxylic acids is 1. The average molecular weight is 491 g/mol. The summed E-state index contributed by atoms with van der Waals surface area (Å²) in [5, 5.41) is 11.0. The van der Waals surface area contributed by atoms with Crippen molar-refractivity contribution in [1.29, 1.82) is 0 Å². The first-order chi connectivity index (χ1) is 15.3. The van der Waals surface area contributed by atoms with Crippen LogP contribution in [0.2, 0.25) is 5.02 Å². The van der Waals surface area contributed by atoms with Gasteiger partial charge in [0.25, 0.3) is 0 Å². The van der Waals surface area contributed by atoms with Crippen LogP contribution in [0.1, 0.15) is 29.7 Å². The molecule has 1 aromatic heterocycles. The zero-order valence-electron chi connectivity index (χ0n) is 16.9. The predicted molar refractivity (Wildman–Crippen MR) is 119 cm³/mol. The third-order valence-corrected chi connectivity index (χ3v) is 10.6. The number of amides is 2. The lowest BCUT2D eigenvalue weighted by molar-refractivity contribution is -0.154. The van der Waals surface area contributed by atoms with E-state index in [-0.39, 0.29) is 45.6 Å². The van der Waals surface area contributed by atoms with Gasteiger partial charge in [0.05, 0.1) is 16.9 Å². The molecule has 10 heteroatoms.